The van der Waals surface area contributed by atoms with Gasteiger partial charge in [-0.05, 0) is 72.5 Å². The first-order valence-electron chi connectivity index (χ1n) is 12.2. The van der Waals surface area contributed by atoms with E-state index in [-0.39, 0.29) is 24.3 Å². The Hall–Kier alpha value is -3.85. The molecule has 0 aliphatic rings. The van der Waals surface area contributed by atoms with Gasteiger partial charge in [0.2, 0.25) is 0 Å². The highest BCUT2D eigenvalue weighted by Gasteiger charge is 2.14. The molecule has 0 unspecified atom stereocenters. The van der Waals surface area contributed by atoms with Gasteiger partial charge in [-0.15, -0.1) is 0 Å². The Bertz CT molecular complexity index is 1370. The number of aromatic nitrogens is 1. The minimum Gasteiger partial charge on any atom is -0.508 e. The molecule has 194 valence electrons. The van der Waals surface area contributed by atoms with Gasteiger partial charge in [-0.2, -0.15) is 0 Å². The standard InChI is InChI=1S/C29H33N3O5/c1-18(30-16-28(35)21-7-9-27(34)23(13-21)17-33)10-19-6-8-25-22(11-19)14-26(32-25)29(36)31-15-20-4-3-5-24(12-20)37-2/h3-9,11-14,18,28,30,32-35H,10,15-17H2,1-2H3,(H,31,36)/t18-,28+/m1/s1. The normalized spacial score (nSPS) is 12.9. The van der Waals surface area contributed by atoms with Gasteiger partial charge in [0.1, 0.15) is 17.2 Å². The van der Waals surface area contributed by atoms with Crippen molar-refractivity contribution in [3.05, 3.63) is 94.7 Å². The molecule has 3 aromatic carbocycles. The van der Waals surface area contributed by atoms with Crippen molar-refractivity contribution in [2.75, 3.05) is 13.7 Å². The number of hydrogen-bond acceptors (Lipinski definition) is 6. The van der Waals surface area contributed by atoms with Crippen LogP contribution in [-0.2, 0) is 19.6 Å². The molecule has 0 spiro atoms. The molecular weight excluding hydrogens is 470 g/mol. The first kappa shape index (κ1) is 26.2. The Morgan fingerprint density at radius 1 is 1.05 bits per heavy atom. The number of carbonyl (C=O) groups is 1. The fraction of sp³-hybridized carbons (Fsp3) is 0.276. The van der Waals surface area contributed by atoms with Gasteiger partial charge in [-0.25, -0.2) is 0 Å². The van der Waals surface area contributed by atoms with Crippen molar-refractivity contribution in [1.82, 2.24) is 15.6 Å². The molecule has 8 nitrogen and oxygen atoms in total. The van der Waals surface area contributed by atoms with Crippen LogP contribution in [0.3, 0.4) is 0 Å². The average molecular weight is 504 g/mol. The van der Waals surface area contributed by atoms with Crippen molar-refractivity contribution in [2.24, 2.45) is 0 Å². The zero-order valence-electron chi connectivity index (χ0n) is 21.0. The van der Waals surface area contributed by atoms with Crippen molar-refractivity contribution in [2.45, 2.75) is 38.6 Å². The van der Waals surface area contributed by atoms with Gasteiger partial charge in [-0.3, -0.25) is 4.79 Å². The van der Waals surface area contributed by atoms with E-state index in [9.17, 15) is 20.1 Å². The van der Waals surface area contributed by atoms with Gasteiger partial charge in [0.25, 0.3) is 5.91 Å². The molecule has 2 atom stereocenters. The SMILES string of the molecule is COc1cccc(CNC(=O)c2cc3cc(C[C@@H](C)NC[C@H](O)c4ccc(O)c(CO)c4)ccc3[nH]2)c1. The van der Waals surface area contributed by atoms with Crippen molar-refractivity contribution < 1.29 is 24.9 Å². The molecular formula is C29H33N3O5. The maximum absolute atomic E-state index is 12.7. The van der Waals surface area contributed by atoms with Gasteiger partial charge >= 0.3 is 0 Å². The van der Waals surface area contributed by atoms with Crippen LogP contribution < -0.4 is 15.4 Å². The molecule has 0 fully saturated rings. The third kappa shape index (κ3) is 6.68. The number of aliphatic hydroxyl groups excluding tert-OH is 2. The fourth-order valence-corrected chi connectivity index (χ4v) is 4.29. The van der Waals surface area contributed by atoms with Crippen molar-refractivity contribution in [1.29, 1.82) is 0 Å². The van der Waals surface area contributed by atoms with E-state index in [0.717, 1.165) is 34.2 Å². The smallest absolute Gasteiger partial charge is 0.267 e. The quantitative estimate of drug-likeness (QED) is 0.186. The van der Waals surface area contributed by atoms with Gasteiger partial charge in [0, 0.05) is 35.6 Å². The Morgan fingerprint density at radius 2 is 1.89 bits per heavy atom. The van der Waals surface area contributed by atoms with Crippen LogP contribution in [0.1, 0.15) is 45.8 Å². The summed E-state index contributed by atoms with van der Waals surface area (Å²) in [5.41, 5.74) is 4.47. The lowest BCUT2D eigenvalue weighted by molar-refractivity contribution is 0.0946. The molecule has 0 aliphatic heterocycles. The summed E-state index contributed by atoms with van der Waals surface area (Å²) in [5, 5.41) is 36.8. The Labute approximate surface area is 215 Å². The largest absolute Gasteiger partial charge is 0.508 e. The summed E-state index contributed by atoms with van der Waals surface area (Å²) in [7, 11) is 1.61. The minimum atomic E-state index is -0.765. The first-order valence-corrected chi connectivity index (χ1v) is 12.2. The van der Waals surface area contributed by atoms with E-state index in [4.69, 9.17) is 4.74 Å². The highest BCUT2D eigenvalue weighted by atomic mass is 16.5. The number of aromatic amines is 1. The van der Waals surface area contributed by atoms with Gasteiger partial charge < -0.3 is 35.7 Å². The summed E-state index contributed by atoms with van der Waals surface area (Å²) in [4.78, 5) is 15.9. The number of aromatic hydroxyl groups is 1. The van der Waals surface area contributed by atoms with Crippen molar-refractivity contribution >= 4 is 16.8 Å². The second kappa shape index (κ2) is 11.9. The third-order valence-corrected chi connectivity index (χ3v) is 6.38. The third-order valence-electron chi connectivity index (χ3n) is 6.38. The van der Waals surface area contributed by atoms with E-state index in [2.05, 4.69) is 21.7 Å². The minimum absolute atomic E-state index is 0.0115. The van der Waals surface area contributed by atoms with Crippen LogP contribution in [0.2, 0.25) is 0 Å². The lowest BCUT2D eigenvalue weighted by Gasteiger charge is -2.18. The van der Waals surface area contributed by atoms with E-state index in [1.807, 2.05) is 49.4 Å². The molecule has 0 saturated heterocycles. The maximum Gasteiger partial charge on any atom is 0.267 e. The van der Waals surface area contributed by atoms with E-state index in [1.54, 1.807) is 19.2 Å². The summed E-state index contributed by atoms with van der Waals surface area (Å²) >= 11 is 0. The Morgan fingerprint density at radius 3 is 2.68 bits per heavy atom. The number of phenols is 1. The molecule has 0 aliphatic carbocycles. The first-order chi connectivity index (χ1) is 17.9. The van der Waals surface area contributed by atoms with E-state index in [0.29, 0.717) is 29.9 Å². The number of ether oxygens (including phenoxy) is 1. The Balaban J connectivity index is 1.32. The van der Waals surface area contributed by atoms with Crippen LogP contribution in [0.15, 0.2) is 66.7 Å². The van der Waals surface area contributed by atoms with Crippen molar-refractivity contribution in [3.8, 4) is 11.5 Å². The molecule has 6 N–H and O–H groups in total. The van der Waals surface area contributed by atoms with E-state index >= 15 is 0 Å². The van der Waals surface area contributed by atoms with Crippen LogP contribution in [0.5, 0.6) is 11.5 Å². The number of rotatable bonds is 11. The second-order valence-electron chi connectivity index (χ2n) is 9.21. The Kier molecular flexibility index (Phi) is 8.45. The monoisotopic (exact) mass is 503 g/mol. The number of hydrogen-bond donors (Lipinski definition) is 6. The molecule has 0 saturated carbocycles. The number of aliphatic hydroxyl groups is 2. The van der Waals surface area contributed by atoms with Crippen LogP contribution >= 0.6 is 0 Å². The number of H-pyrrole nitrogens is 1. The number of carbonyl (C=O) groups excluding carboxylic acids is 1. The van der Waals surface area contributed by atoms with Gasteiger partial charge in [-0.1, -0.05) is 24.3 Å². The van der Waals surface area contributed by atoms with E-state index < -0.39 is 6.10 Å². The lowest BCUT2D eigenvalue weighted by Crippen LogP contribution is -2.32. The van der Waals surface area contributed by atoms with Crippen LogP contribution in [0.4, 0.5) is 0 Å². The molecule has 1 aromatic heterocycles. The number of fused-ring (bicyclic) bond motifs is 1. The topological polar surface area (TPSA) is 127 Å². The van der Waals surface area contributed by atoms with E-state index in [1.165, 1.54) is 6.07 Å². The zero-order chi connectivity index (χ0) is 26.4. The van der Waals surface area contributed by atoms with Gasteiger partial charge in [0.15, 0.2) is 0 Å². The molecule has 37 heavy (non-hydrogen) atoms. The highest BCUT2D eigenvalue weighted by molar-refractivity contribution is 5.98. The summed E-state index contributed by atoms with van der Waals surface area (Å²) in [5.74, 6) is 0.583. The van der Waals surface area contributed by atoms with Crippen LogP contribution in [0, 0.1) is 0 Å². The number of nitrogens with one attached hydrogen (secondary N) is 3. The average Bonchev–Trinajstić information content (AvgIpc) is 3.34. The predicted molar refractivity (Wildman–Crippen MR) is 143 cm³/mol. The molecule has 8 heteroatoms. The predicted octanol–water partition coefficient (Wildman–Crippen LogP) is 3.56. The molecule has 0 bridgehead atoms. The molecule has 4 aromatic rings. The lowest BCUT2D eigenvalue weighted by atomic mass is 10.0. The molecule has 0 radical (unpaired) electrons. The number of amides is 1. The molecule has 1 heterocycles. The summed E-state index contributed by atoms with van der Waals surface area (Å²) in [6.45, 7) is 2.49. The maximum atomic E-state index is 12.7. The zero-order valence-corrected chi connectivity index (χ0v) is 21.0. The van der Waals surface area contributed by atoms with Crippen molar-refractivity contribution in [3.63, 3.8) is 0 Å². The molecule has 1 amide bonds. The summed E-state index contributed by atoms with van der Waals surface area (Å²) in [6.07, 6.45) is -0.0265. The second-order valence-corrected chi connectivity index (χ2v) is 9.21. The molecule has 4 rings (SSSR count). The summed E-state index contributed by atoms with van der Waals surface area (Å²) in [6, 6.07) is 20.3. The fourth-order valence-electron chi connectivity index (χ4n) is 4.29. The highest BCUT2D eigenvalue weighted by Crippen LogP contribution is 2.23. The number of methoxy groups -OCH3 is 1. The summed E-state index contributed by atoms with van der Waals surface area (Å²) < 4.78 is 5.23. The van der Waals surface area contributed by atoms with Gasteiger partial charge in [0.05, 0.1) is 19.8 Å². The number of benzene rings is 3. The van der Waals surface area contributed by atoms with Crippen LogP contribution in [0.25, 0.3) is 10.9 Å². The van der Waals surface area contributed by atoms with Crippen LogP contribution in [-0.4, -0.2) is 45.9 Å².